The lowest BCUT2D eigenvalue weighted by Gasteiger charge is -2.32. The molecule has 3 N–H and O–H groups in total. The molecule has 5 atom stereocenters. The van der Waals surface area contributed by atoms with Crippen LogP contribution in [0.2, 0.25) is 0 Å². The summed E-state index contributed by atoms with van der Waals surface area (Å²) in [6.45, 7) is 4.64. The molecular formula is C17H32N2O. The molecule has 2 aliphatic carbocycles. The Hall–Kier alpha value is -0.570. The van der Waals surface area contributed by atoms with Crippen molar-refractivity contribution >= 4 is 5.91 Å². The Bertz CT molecular complexity index is 318. The predicted molar refractivity (Wildman–Crippen MR) is 83.3 cm³/mol. The van der Waals surface area contributed by atoms with Gasteiger partial charge in [0.15, 0.2) is 0 Å². The van der Waals surface area contributed by atoms with E-state index in [-0.39, 0.29) is 5.91 Å². The molecule has 0 aliphatic heterocycles. The fraction of sp³-hybridized carbons (Fsp3) is 0.941. The molecule has 0 aromatic rings. The van der Waals surface area contributed by atoms with Gasteiger partial charge in [-0.2, -0.15) is 0 Å². The van der Waals surface area contributed by atoms with E-state index in [9.17, 15) is 4.79 Å². The van der Waals surface area contributed by atoms with Crippen molar-refractivity contribution in [1.29, 1.82) is 0 Å². The highest BCUT2D eigenvalue weighted by Crippen LogP contribution is 2.30. The highest BCUT2D eigenvalue weighted by atomic mass is 16.1. The first kappa shape index (κ1) is 15.8. The largest absolute Gasteiger partial charge is 0.353 e. The zero-order chi connectivity index (χ0) is 14.5. The van der Waals surface area contributed by atoms with Crippen molar-refractivity contribution in [3.63, 3.8) is 0 Å². The van der Waals surface area contributed by atoms with Crippen molar-refractivity contribution in [2.75, 3.05) is 0 Å². The Morgan fingerprint density at radius 3 is 2.60 bits per heavy atom. The van der Waals surface area contributed by atoms with Gasteiger partial charge in [0.05, 0.1) is 0 Å². The van der Waals surface area contributed by atoms with E-state index < -0.39 is 0 Å². The minimum absolute atomic E-state index is 0.260. The monoisotopic (exact) mass is 280 g/mol. The molecule has 0 aromatic heterocycles. The summed E-state index contributed by atoms with van der Waals surface area (Å²) < 4.78 is 0. The molecule has 2 fully saturated rings. The molecule has 3 nitrogen and oxygen atoms in total. The number of hydrogen-bond donors (Lipinski definition) is 2. The van der Waals surface area contributed by atoms with E-state index in [1.165, 1.54) is 25.7 Å². The van der Waals surface area contributed by atoms with Crippen molar-refractivity contribution in [1.82, 2.24) is 5.32 Å². The van der Waals surface area contributed by atoms with Gasteiger partial charge in [-0.05, 0) is 56.3 Å². The van der Waals surface area contributed by atoms with Crippen LogP contribution >= 0.6 is 0 Å². The minimum atomic E-state index is 0.260. The third-order valence-electron chi connectivity index (χ3n) is 5.57. The molecule has 20 heavy (non-hydrogen) atoms. The van der Waals surface area contributed by atoms with Crippen LogP contribution in [0.5, 0.6) is 0 Å². The van der Waals surface area contributed by atoms with Crippen LogP contribution in [0, 0.1) is 17.8 Å². The van der Waals surface area contributed by atoms with Crippen molar-refractivity contribution in [3.05, 3.63) is 0 Å². The van der Waals surface area contributed by atoms with Crippen molar-refractivity contribution < 1.29 is 4.79 Å². The predicted octanol–water partition coefficient (Wildman–Crippen LogP) is 3.23. The van der Waals surface area contributed by atoms with Crippen molar-refractivity contribution in [3.8, 4) is 0 Å². The normalized spacial score (nSPS) is 38.5. The van der Waals surface area contributed by atoms with Gasteiger partial charge in [0.1, 0.15) is 0 Å². The molecule has 3 heteroatoms. The second kappa shape index (κ2) is 7.44. The maximum atomic E-state index is 12.1. The Morgan fingerprint density at radius 1 is 1.10 bits per heavy atom. The topological polar surface area (TPSA) is 55.1 Å². The summed E-state index contributed by atoms with van der Waals surface area (Å²) in [4.78, 5) is 12.1. The molecule has 0 radical (unpaired) electrons. The summed E-state index contributed by atoms with van der Waals surface area (Å²) in [5.74, 6) is 2.49. The molecule has 1 amide bonds. The van der Waals surface area contributed by atoms with Gasteiger partial charge in [0, 0.05) is 18.5 Å². The number of nitrogens with one attached hydrogen (secondary N) is 1. The van der Waals surface area contributed by atoms with Gasteiger partial charge in [0.2, 0.25) is 5.91 Å². The molecule has 0 saturated heterocycles. The smallest absolute Gasteiger partial charge is 0.220 e. The highest BCUT2D eigenvalue weighted by Gasteiger charge is 2.26. The summed E-state index contributed by atoms with van der Waals surface area (Å²) in [5, 5.41) is 3.25. The van der Waals surface area contributed by atoms with Crippen LogP contribution in [0.15, 0.2) is 0 Å². The first-order valence-corrected chi connectivity index (χ1v) is 8.59. The Morgan fingerprint density at radius 2 is 1.90 bits per heavy atom. The van der Waals surface area contributed by atoms with E-state index in [1.807, 2.05) is 0 Å². The van der Waals surface area contributed by atoms with E-state index >= 15 is 0 Å². The summed E-state index contributed by atoms with van der Waals surface area (Å²) in [6.07, 6.45) is 10.1. The average molecular weight is 280 g/mol. The van der Waals surface area contributed by atoms with Crippen molar-refractivity contribution in [2.45, 2.75) is 83.7 Å². The quantitative estimate of drug-likeness (QED) is 0.830. The molecule has 116 valence electrons. The van der Waals surface area contributed by atoms with Crippen molar-refractivity contribution in [2.24, 2.45) is 23.5 Å². The summed E-state index contributed by atoms with van der Waals surface area (Å²) >= 11 is 0. The molecular weight excluding hydrogens is 248 g/mol. The van der Waals surface area contributed by atoms with Gasteiger partial charge < -0.3 is 11.1 Å². The third kappa shape index (κ3) is 4.76. The Labute approximate surface area is 124 Å². The Balaban J connectivity index is 1.65. The van der Waals surface area contributed by atoms with Crippen LogP contribution in [0.25, 0.3) is 0 Å². The Kier molecular flexibility index (Phi) is 5.88. The minimum Gasteiger partial charge on any atom is -0.353 e. The van der Waals surface area contributed by atoms with Gasteiger partial charge in [-0.25, -0.2) is 0 Å². The molecule has 2 rings (SSSR count). The van der Waals surface area contributed by atoms with Crippen LogP contribution in [0.1, 0.15) is 71.6 Å². The second-order valence-corrected chi connectivity index (χ2v) is 7.36. The van der Waals surface area contributed by atoms with Gasteiger partial charge >= 0.3 is 0 Å². The number of rotatable bonds is 4. The fourth-order valence-electron chi connectivity index (χ4n) is 3.91. The summed E-state index contributed by atoms with van der Waals surface area (Å²) in [7, 11) is 0. The SMILES string of the molecule is CC1CCC(NC(=O)CCC2CCCC(N)C2)CC1C. The van der Waals surface area contributed by atoms with Crippen LogP contribution in [0.4, 0.5) is 0 Å². The third-order valence-corrected chi connectivity index (χ3v) is 5.57. The number of carbonyl (C=O) groups is 1. The number of hydrogen-bond acceptors (Lipinski definition) is 2. The summed E-state index contributed by atoms with van der Waals surface area (Å²) in [6, 6.07) is 0.791. The fourth-order valence-corrected chi connectivity index (χ4v) is 3.91. The second-order valence-electron chi connectivity index (χ2n) is 7.36. The lowest BCUT2D eigenvalue weighted by molar-refractivity contribution is -0.122. The maximum absolute atomic E-state index is 12.1. The molecule has 0 bridgehead atoms. The molecule has 2 saturated carbocycles. The van der Waals surface area contributed by atoms with E-state index in [1.54, 1.807) is 0 Å². The molecule has 0 heterocycles. The number of amides is 1. The first-order valence-electron chi connectivity index (χ1n) is 8.59. The van der Waals surface area contributed by atoms with Crippen LogP contribution in [-0.4, -0.2) is 18.0 Å². The van der Waals surface area contributed by atoms with Gasteiger partial charge in [0.25, 0.3) is 0 Å². The van der Waals surface area contributed by atoms with Gasteiger partial charge in [-0.1, -0.05) is 26.7 Å². The van der Waals surface area contributed by atoms with Gasteiger partial charge in [-0.3, -0.25) is 4.79 Å². The first-order chi connectivity index (χ1) is 9.54. The maximum Gasteiger partial charge on any atom is 0.220 e. The molecule has 2 aliphatic rings. The zero-order valence-electron chi connectivity index (χ0n) is 13.2. The standard InChI is InChI=1S/C17H32N2O/c1-12-6-8-16(10-13(12)2)19-17(20)9-7-14-4-3-5-15(18)11-14/h12-16H,3-11,18H2,1-2H3,(H,19,20). The van der Waals surface area contributed by atoms with Gasteiger partial charge in [-0.15, -0.1) is 0 Å². The average Bonchev–Trinajstić information content (AvgIpc) is 2.41. The van der Waals surface area contributed by atoms with E-state index in [2.05, 4.69) is 19.2 Å². The van der Waals surface area contributed by atoms with E-state index in [0.29, 0.717) is 24.4 Å². The molecule has 0 spiro atoms. The zero-order valence-corrected chi connectivity index (χ0v) is 13.2. The number of nitrogens with two attached hydrogens (primary N) is 1. The van der Waals surface area contributed by atoms with E-state index in [0.717, 1.165) is 37.5 Å². The molecule has 5 unspecified atom stereocenters. The molecule has 0 aromatic carbocycles. The number of carbonyl (C=O) groups excluding carboxylic acids is 1. The van der Waals surface area contributed by atoms with Crippen LogP contribution in [-0.2, 0) is 4.79 Å². The lowest BCUT2D eigenvalue weighted by atomic mass is 9.79. The van der Waals surface area contributed by atoms with Crippen LogP contribution in [0.3, 0.4) is 0 Å². The van der Waals surface area contributed by atoms with Crippen LogP contribution < -0.4 is 11.1 Å². The van der Waals surface area contributed by atoms with E-state index in [4.69, 9.17) is 5.73 Å². The summed E-state index contributed by atoms with van der Waals surface area (Å²) in [5.41, 5.74) is 6.01. The highest BCUT2D eigenvalue weighted by molar-refractivity contribution is 5.76. The lowest BCUT2D eigenvalue weighted by Crippen LogP contribution is -2.40.